The monoisotopic (exact) mass is 177 g/mol. The maximum absolute atomic E-state index is 5.85. The molecule has 0 saturated heterocycles. The molecule has 0 aromatic carbocycles. The topological polar surface area (TPSA) is 51.8 Å². The van der Waals surface area contributed by atoms with Crippen LogP contribution in [-0.4, -0.2) is 9.97 Å². The molecule has 1 aliphatic rings. The van der Waals surface area contributed by atoms with Crippen LogP contribution in [0.4, 0.5) is 5.82 Å². The lowest BCUT2D eigenvalue weighted by Gasteiger charge is -2.07. The normalized spacial score (nSPS) is 16.5. The van der Waals surface area contributed by atoms with E-state index in [1.807, 2.05) is 6.20 Å². The molecule has 0 unspecified atom stereocenters. The molecule has 0 amide bonds. The van der Waals surface area contributed by atoms with E-state index in [9.17, 15) is 0 Å². The Kier molecular flexibility index (Phi) is 1.94. The van der Waals surface area contributed by atoms with Crippen LogP contribution in [0.25, 0.3) is 0 Å². The average Bonchev–Trinajstić information content (AvgIpc) is 2.87. The van der Waals surface area contributed by atoms with Gasteiger partial charge in [0.05, 0.1) is 0 Å². The van der Waals surface area contributed by atoms with Gasteiger partial charge in [-0.25, -0.2) is 9.97 Å². The third kappa shape index (κ3) is 1.64. The Bertz CT molecular complexity index is 316. The van der Waals surface area contributed by atoms with E-state index in [1.54, 1.807) is 0 Å². The third-order valence-electron chi connectivity index (χ3n) is 2.40. The summed E-state index contributed by atoms with van der Waals surface area (Å²) in [5, 5.41) is 0. The zero-order valence-electron chi connectivity index (χ0n) is 8.12. The van der Waals surface area contributed by atoms with Crippen LogP contribution in [0.15, 0.2) is 6.20 Å². The Morgan fingerprint density at radius 3 is 2.62 bits per heavy atom. The fourth-order valence-electron chi connectivity index (χ4n) is 1.41. The molecule has 0 radical (unpaired) electrons. The minimum Gasteiger partial charge on any atom is -0.383 e. The second-order valence-corrected chi connectivity index (χ2v) is 4.00. The molecule has 3 heteroatoms. The van der Waals surface area contributed by atoms with Gasteiger partial charge in [0.1, 0.15) is 11.6 Å². The molecule has 1 saturated carbocycles. The van der Waals surface area contributed by atoms with Crippen LogP contribution in [0.5, 0.6) is 0 Å². The Hall–Kier alpha value is -1.12. The van der Waals surface area contributed by atoms with Crippen molar-refractivity contribution in [2.45, 2.75) is 38.5 Å². The summed E-state index contributed by atoms with van der Waals surface area (Å²) in [4.78, 5) is 8.61. The molecule has 1 aromatic heterocycles. The van der Waals surface area contributed by atoms with Gasteiger partial charge in [-0.1, -0.05) is 13.8 Å². The van der Waals surface area contributed by atoms with Gasteiger partial charge in [-0.3, -0.25) is 0 Å². The van der Waals surface area contributed by atoms with E-state index in [0.29, 0.717) is 17.7 Å². The van der Waals surface area contributed by atoms with Crippen molar-refractivity contribution in [2.24, 2.45) is 0 Å². The second kappa shape index (κ2) is 2.98. The lowest BCUT2D eigenvalue weighted by atomic mass is 10.1. The minimum absolute atomic E-state index is 0.357. The molecule has 0 aliphatic heterocycles. The first-order valence-corrected chi connectivity index (χ1v) is 4.80. The number of nitrogens with two attached hydrogens (primary N) is 1. The third-order valence-corrected chi connectivity index (χ3v) is 2.40. The fraction of sp³-hybridized carbons (Fsp3) is 0.600. The van der Waals surface area contributed by atoms with E-state index < -0.39 is 0 Å². The second-order valence-electron chi connectivity index (χ2n) is 4.00. The average molecular weight is 177 g/mol. The number of hydrogen-bond donors (Lipinski definition) is 1. The van der Waals surface area contributed by atoms with Gasteiger partial charge in [-0.05, 0) is 18.8 Å². The summed E-state index contributed by atoms with van der Waals surface area (Å²) in [5.74, 6) is 2.53. The van der Waals surface area contributed by atoms with Crippen LogP contribution in [-0.2, 0) is 0 Å². The molecule has 1 fully saturated rings. The molecule has 1 heterocycles. The maximum Gasteiger partial charge on any atom is 0.133 e. The molecule has 13 heavy (non-hydrogen) atoms. The van der Waals surface area contributed by atoms with Crippen LogP contribution in [0.1, 0.15) is 49.9 Å². The predicted molar refractivity (Wildman–Crippen MR) is 52.5 cm³/mol. The van der Waals surface area contributed by atoms with Crippen LogP contribution in [0.2, 0.25) is 0 Å². The summed E-state index contributed by atoms with van der Waals surface area (Å²) in [6, 6.07) is 0. The summed E-state index contributed by atoms with van der Waals surface area (Å²) in [5.41, 5.74) is 6.99. The standard InChI is InChI=1S/C10H15N3/c1-6(2)10-12-5-8(7-3-4-7)9(11)13-10/h5-7H,3-4H2,1-2H3,(H2,11,12,13). The summed E-state index contributed by atoms with van der Waals surface area (Å²) in [7, 11) is 0. The number of aromatic nitrogens is 2. The van der Waals surface area contributed by atoms with Crippen molar-refractivity contribution < 1.29 is 0 Å². The molecule has 0 bridgehead atoms. The van der Waals surface area contributed by atoms with E-state index in [4.69, 9.17) is 5.73 Å². The quantitative estimate of drug-likeness (QED) is 0.752. The lowest BCUT2D eigenvalue weighted by molar-refractivity contribution is 0.771. The van der Waals surface area contributed by atoms with Crippen molar-refractivity contribution in [2.75, 3.05) is 5.73 Å². The SMILES string of the molecule is CC(C)c1ncc(C2CC2)c(N)n1. The van der Waals surface area contributed by atoms with Crippen molar-refractivity contribution in [1.29, 1.82) is 0 Å². The van der Waals surface area contributed by atoms with Gasteiger partial charge in [0.15, 0.2) is 0 Å². The molecular weight excluding hydrogens is 162 g/mol. The van der Waals surface area contributed by atoms with Crippen LogP contribution in [0, 0.1) is 0 Å². The summed E-state index contributed by atoms with van der Waals surface area (Å²) >= 11 is 0. The highest BCUT2D eigenvalue weighted by atomic mass is 14.9. The zero-order chi connectivity index (χ0) is 9.42. The Labute approximate surface area is 78.4 Å². The van der Waals surface area contributed by atoms with Gasteiger partial charge in [0.25, 0.3) is 0 Å². The van der Waals surface area contributed by atoms with Gasteiger partial charge >= 0.3 is 0 Å². The Morgan fingerprint density at radius 1 is 1.46 bits per heavy atom. The van der Waals surface area contributed by atoms with Crippen molar-refractivity contribution in [1.82, 2.24) is 9.97 Å². The van der Waals surface area contributed by atoms with Crippen LogP contribution < -0.4 is 5.73 Å². The number of nitrogen functional groups attached to an aromatic ring is 1. The zero-order valence-corrected chi connectivity index (χ0v) is 8.12. The summed E-state index contributed by atoms with van der Waals surface area (Å²) in [6.07, 6.45) is 4.39. The molecular formula is C10H15N3. The molecule has 3 nitrogen and oxygen atoms in total. The highest BCUT2D eigenvalue weighted by Gasteiger charge is 2.26. The van der Waals surface area contributed by atoms with Gasteiger partial charge in [-0.15, -0.1) is 0 Å². The first-order chi connectivity index (χ1) is 6.18. The first kappa shape index (κ1) is 8.48. The molecule has 1 aliphatic carbocycles. The van der Waals surface area contributed by atoms with Crippen LogP contribution in [0.3, 0.4) is 0 Å². The molecule has 2 N–H and O–H groups in total. The molecule has 1 aromatic rings. The summed E-state index contributed by atoms with van der Waals surface area (Å²) in [6.45, 7) is 4.15. The number of rotatable bonds is 2. The van der Waals surface area contributed by atoms with Crippen molar-refractivity contribution in [3.8, 4) is 0 Å². The van der Waals surface area contributed by atoms with E-state index in [1.165, 1.54) is 12.8 Å². The molecule has 70 valence electrons. The highest BCUT2D eigenvalue weighted by molar-refractivity contribution is 5.42. The van der Waals surface area contributed by atoms with E-state index in [2.05, 4.69) is 23.8 Å². The van der Waals surface area contributed by atoms with E-state index in [-0.39, 0.29) is 0 Å². The van der Waals surface area contributed by atoms with Crippen LogP contribution >= 0.6 is 0 Å². The van der Waals surface area contributed by atoms with E-state index >= 15 is 0 Å². The maximum atomic E-state index is 5.85. The number of anilines is 1. The van der Waals surface area contributed by atoms with E-state index in [0.717, 1.165) is 11.4 Å². The van der Waals surface area contributed by atoms with Gasteiger partial charge in [0.2, 0.25) is 0 Å². The fourth-order valence-corrected chi connectivity index (χ4v) is 1.41. The Morgan fingerprint density at radius 2 is 2.15 bits per heavy atom. The van der Waals surface area contributed by atoms with Gasteiger partial charge in [0, 0.05) is 17.7 Å². The summed E-state index contributed by atoms with van der Waals surface area (Å²) < 4.78 is 0. The van der Waals surface area contributed by atoms with Crippen molar-refractivity contribution in [3.63, 3.8) is 0 Å². The largest absolute Gasteiger partial charge is 0.383 e. The first-order valence-electron chi connectivity index (χ1n) is 4.80. The smallest absolute Gasteiger partial charge is 0.133 e. The Balaban J connectivity index is 2.31. The lowest BCUT2D eigenvalue weighted by Crippen LogP contribution is -2.04. The molecule has 0 atom stereocenters. The molecule has 0 spiro atoms. The molecule has 2 rings (SSSR count). The van der Waals surface area contributed by atoms with Gasteiger partial charge in [-0.2, -0.15) is 0 Å². The number of nitrogens with zero attached hydrogens (tertiary/aromatic N) is 2. The predicted octanol–water partition coefficient (Wildman–Crippen LogP) is 2.06. The van der Waals surface area contributed by atoms with Crippen molar-refractivity contribution >= 4 is 5.82 Å². The van der Waals surface area contributed by atoms with Crippen molar-refractivity contribution in [3.05, 3.63) is 17.6 Å². The van der Waals surface area contributed by atoms with Gasteiger partial charge < -0.3 is 5.73 Å². The number of hydrogen-bond acceptors (Lipinski definition) is 3. The minimum atomic E-state index is 0.357. The highest BCUT2D eigenvalue weighted by Crippen LogP contribution is 2.41.